The largest absolute Gasteiger partial charge is 0.327 e. The fourth-order valence-electron chi connectivity index (χ4n) is 1.75. The van der Waals surface area contributed by atoms with Crippen molar-refractivity contribution in [1.29, 1.82) is 0 Å². The van der Waals surface area contributed by atoms with Crippen molar-refractivity contribution in [2.45, 2.75) is 39.5 Å². The first-order valence-corrected chi connectivity index (χ1v) is 7.81. The van der Waals surface area contributed by atoms with Crippen LogP contribution in [0.2, 0.25) is 0 Å². The molecule has 0 aliphatic rings. The molecule has 1 rings (SSSR count). The minimum Gasteiger partial charge on any atom is -0.327 e. The minimum absolute atomic E-state index is 0.549. The molecule has 17 heavy (non-hydrogen) atoms. The molecule has 0 radical (unpaired) electrons. The van der Waals surface area contributed by atoms with Gasteiger partial charge in [-0.15, -0.1) is 0 Å². The number of rotatable bonds is 8. The van der Waals surface area contributed by atoms with E-state index < -0.39 is 8.03 Å². The highest BCUT2D eigenvalue weighted by molar-refractivity contribution is 7.48. The van der Waals surface area contributed by atoms with E-state index in [-0.39, 0.29) is 0 Å². The summed E-state index contributed by atoms with van der Waals surface area (Å²) in [5.74, 6) is 0.549. The molecular formula is C14H23O2P. The Hall–Kier alpha value is -0.590. The first-order valence-electron chi connectivity index (χ1n) is 6.50. The van der Waals surface area contributed by atoms with Crippen molar-refractivity contribution in [3.8, 4) is 0 Å². The Morgan fingerprint density at radius 2 is 1.94 bits per heavy atom. The van der Waals surface area contributed by atoms with E-state index in [2.05, 4.69) is 13.8 Å². The van der Waals surface area contributed by atoms with Crippen molar-refractivity contribution in [2.75, 3.05) is 6.61 Å². The molecule has 0 fully saturated rings. The van der Waals surface area contributed by atoms with Gasteiger partial charge in [0.2, 0.25) is 8.03 Å². The maximum Gasteiger partial charge on any atom is 0.220 e. The fraction of sp³-hybridized carbons (Fsp3) is 0.571. The Morgan fingerprint density at radius 1 is 1.24 bits per heavy atom. The third kappa shape index (κ3) is 5.52. The first kappa shape index (κ1) is 14.5. The van der Waals surface area contributed by atoms with E-state index in [9.17, 15) is 4.57 Å². The molecule has 0 bridgehead atoms. The molecule has 96 valence electrons. The van der Waals surface area contributed by atoms with Gasteiger partial charge in [-0.3, -0.25) is 4.57 Å². The molecule has 0 saturated heterocycles. The average molecular weight is 254 g/mol. The number of benzene rings is 1. The van der Waals surface area contributed by atoms with Crippen molar-refractivity contribution in [3.05, 3.63) is 30.3 Å². The van der Waals surface area contributed by atoms with Crippen LogP contribution in [0, 0.1) is 5.92 Å². The third-order valence-corrected chi connectivity index (χ3v) is 4.24. The average Bonchev–Trinajstić information content (AvgIpc) is 2.39. The molecular weight excluding hydrogens is 231 g/mol. The number of hydrogen-bond donors (Lipinski definition) is 0. The molecule has 2 atom stereocenters. The molecule has 0 spiro atoms. The number of unbranched alkanes of at least 4 members (excludes halogenated alkanes) is 1. The van der Waals surface area contributed by atoms with Gasteiger partial charge >= 0.3 is 0 Å². The maximum atomic E-state index is 11.9. The molecule has 3 heteroatoms. The van der Waals surface area contributed by atoms with Gasteiger partial charge in [0.25, 0.3) is 0 Å². The Balaban J connectivity index is 2.36. The lowest BCUT2D eigenvalue weighted by atomic mass is 10.0. The van der Waals surface area contributed by atoms with Gasteiger partial charge < -0.3 is 4.52 Å². The third-order valence-electron chi connectivity index (χ3n) is 3.00. The lowest BCUT2D eigenvalue weighted by molar-refractivity contribution is 0.247. The summed E-state index contributed by atoms with van der Waals surface area (Å²) in [4.78, 5) is 0. The smallest absolute Gasteiger partial charge is 0.220 e. The zero-order valence-electron chi connectivity index (χ0n) is 10.8. The zero-order valence-corrected chi connectivity index (χ0v) is 11.8. The molecule has 0 amide bonds. The van der Waals surface area contributed by atoms with Crippen LogP contribution in [0.25, 0.3) is 0 Å². The van der Waals surface area contributed by atoms with Gasteiger partial charge in [0.1, 0.15) is 0 Å². The molecule has 0 aromatic heterocycles. The highest BCUT2D eigenvalue weighted by Gasteiger charge is 2.09. The van der Waals surface area contributed by atoms with E-state index in [0.717, 1.165) is 11.7 Å². The molecule has 1 aromatic rings. The molecule has 0 N–H and O–H groups in total. The topological polar surface area (TPSA) is 26.3 Å². The summed E-state index contributed by atoms with van der Waals surface area (Å²) in [6.07, 6.45) is 4.72. The van der Waals surface area contributed by atoms with E-state index in [0.29, 0.717) is 12.5 Å². The lowest BCUT2D eigenvalue weighted by Crippen LogP contribution is -2.08. The predicted molar refractivity (Wildman–Crippen MR) is 74.3 cm³/mol. The summed E-state index contributed by atoms with van der Waals surface area (Å²) >= 11 is 0. The lowest BCUT2D eigenvalue weighted by Gasteiger charge is -2.14. The summed E-state index contributed by atoms with van der Waals surface area (Å²) in [6.45, 7) is 4.99. The molecule has 2 nitrogen and oxygen atoms in total. The standard InChI is InChI=1S/C14H23O2P/c1-3-5-9-13(4-2)12-16-17(15)14-10-7-6-8-11-14/h6-8,10-11,13,17H,3-5,9,12H2,1-2H3. The van der Waals surface area contributed by atoms with Crippen LogP contribution in [0.4, 0.5) is 0 Å². The van der Waals surface area contributed by atoms with Crippen LogP contribution >= 0.6 is 8.03 Å². The van der Waals surface area contributed by atoms with E-state index in [1.165, 1.54) is 19.3 Å². The van der Waals surface area contributed by atoms with Crippen LogP contribution in [-0.4, -0.2) is 6.61 Å². The maximum absolute atomic E-state index is 11.9. The van der Waals surface area contributed by atoms with E-state index >= 15 is 0 Å². The Morgan fingerprint density at radius 3 is 2.53 bits per heavy atom. The van der Waals surface area contributed by atoms with Gasteiger partial charge in [0.05, 0.1) is 6.61 Å². The van der Waals surface area contributed by atoms with Crippen LogP contribution in [0.5, 0.6) is 0 Å². The van der Waals surface area contributed by atoms with Crippen LogP contribution in [-0.2, 0) is 9.09 Å². The van der Waals surface area contributed by atoms with Gasteiger partial charge in [0.15, 0.2) is 0 Å². The summed E-state index contributed by atoms with van der Waals surface area (Å²) in [7, 11) is -2.05. The molecule has 0 aliphatic carbocycles. The van der Waals surface area contributed by atoms with E-state index in [1.54, 1.807) is 0 Å². The highest BCUT2D eigenvalue weighted by Crippen LogP contribution is 2.24. The molecule has 0 saturated carbocycles. The minimum atomic E-state index is -2.05. The van der Waals surface area contributed by atoms with Crippen molar-refractivity contribution < 1.29 is 9.09 Å². The predicted octanol–water partition coefficient (Wildman–Crippen LogP) is 4.02. The molecule has 2 unspecified atom stereocenters. The zero-order chi connectivity index (χ0) is 12.5. The van der Waals surface area contributed by atoms with Crippen LogP contribution in [0.15, 0.2) is 30.3 Å². The second-order valence-electron chi connectivity index (χ2n) is 4.38. The Bertz CT molecular complexity index is 324. The second-order valence-corrected chi connectivity index (χ2v) is 5.82. The fourth-order valence-corrected chi connectivity index (χ4v) is 2.77. The monoisotopic (exact) mass is 254 g/mol. The summed E-state index contributed by atoms with van der Waals surface area (Å²) in [5.41, 5.74) is 0. The normalized spacial score (nSPS) is 14.5. The molecule has 0 aliphatic heterocycles. The Labute approximate surface area is 105 Å². The summed E-state index contributed by atoms with van der Waals surface area (Å²) in [6, 6.07) is 9.46. The summed E-state index contributed by atoms with van der Waals surface area (Å²) in [5, 5.41) is 0.822. The van der Waals surface area contributed by atoms with Crippen LogP contribution < -0.4 is 5.30 Å². The van der Waals surface area contributed by atoms with E-state index in [4.69, 9.17) is 4.52 Å². The van der Waals surface area contributed by atoms with Crippen molar-refractivity contribution in [2.24, 2.45) is 5.92 Å². The SMILES string of the molecule is CCCCC(CC)CO[PH](=O)c1ccccc1. The first-order chi connectivity index (χ1) is 8.27. The highest BCUT2D eigenvalue weighted by atomic mass is 31.1. The van der Waals surface area contributed by atoms with Crippen molar-refractivity contribution >= 4 is 13.3 Å². The quantitative estimate of drug-likeness (QED) is 0.655. The summed E-state index contributed by atoms with van der Waals surface area (Å²) < 4.78 is 17.4. The van der Waals surface area contributed by atoms with Gasteiger partial charge in [-0.25, -0.2) is 0 Å². The van der Waals surface area contributed by atoms with Gasteiger partial charge in [0, 0.05) is 5.30 Å². The van der Waals surface area contributed by atoms with Crippen LogP contribution in [0.3, 0.4) is 0 Å². The van der Waals surface area contributed by atoms with Crippen molar-refractivity contribution in [3.63, 3.8) is 0 Å². The molecule has 1 aromatic carbocycles. The van der Waals surface area contributed by atoms with Gasteiger partial charge in [-0.05, 0) is 24.5 Å². The van der Waals surface area contributed by atoms with E-state index in [1.807, 2.05) is 30.3 Å². The van der Waals surface area contributed by atoms with Gasteiger partial charge in [-0.2, -0.15) is 0 Å². The second kappa shape index (κ2) is 8.49. The van der Waals surface area contributed by atoms with Crippen LogP contribution in [0.1, 0.15) is 39.5 Å². The van der Waals surface area contributed by atoms with Gasteiger partial charge in [-0.1, -0.05) is 51.3 Å². The molecule has 0 heterocycles. The number of hydrogen-bond acceptors (Lipinski definition) is 2. The van der Waals surface area contributed by atoms with Crippen molar-refractivity contribution in [1.82, 2.24) is 0 Å². The Kier molecular flexibility index (Phi) is 7.23.